The zero-order valence-electron chi connectivity index (χ0n) is 11.7. The van der Waals surface area contributed by atoms with Gasteiger partial charge in [-0.2, -0.15) is 0 Å². The van der Waals surface area contributed by atoms with Gasteiger partial charge in [-0.1, -0.05) is 6.07 Å². The summed E-state index contributed by atoms with van der Waals surface area (Å²) in [4.78, 5) is 16.7. The number of carbonyl (C=O) groups is 1. The minimum atomic E-state index is -0.0504. The average Bonchev–Trinajstić information content (AvgIpc) is 2.41. The van der Waals surface area contributed by atoms with Gasteiger partial charge in [0.25, 0.3) is 0 Å². The van der Waals surface area contributed by atoms with E-state index >= 15 is 0 Å². The highest BCUT2D eigenvalue weighted by atomic mass is 16.5. The van der Waals surface area contributed by atoms with E-state index in [1.165, 1.54) is 0 Å². The van der Waals surface area contributed by atoms with Crippen molar-refractivity contribution in [3.05, 3.63) is 58.4 Å². The Balaban J connectivity index is 2.57. The van der Waals surface area contributed by atoms with Crippen molar-refractivity contribution in [1.82, 2.24) is 4.98 Å². The number of pyridine rings is 1. The van der Waals surface area contributed by atoms with Crippen LogP contribution in [0.3, 0.4) is 0 Å². The number of methoxy groups -OCH3 is 1. The van der Waals surface area contributed by atoms with Crippen LogP contribution in [0.1, 0.15) is 32.7 Å². The smallest absolute Gasteiger partial charge is 0.198 e. The number of benzene rings is 1. The summed E-state index contributed by atoms with van der Waals surface area (Å²) >= 11 is 0. The molecule has 0 aliphatic carbocycles. The van der Waals surface area contributed by atoms with Crippen LogP contribution in [-0.2, 0) is 0 Å². The zero-order chi connectivity index (χ0) is 14.0. The lowest BCUT2D eigenvalue weighted by molar-refractivity contribution is 0.103. The minimum Gasteiger partial charge on any atom is -0.496 e. The maximum atomic E-state index is 12.6. The second kappa shape index (κ2) is 5.22. The van der Waals surface area contributed by atoms with Crippen molar-refractivity contribution < 1.29 is 9.53 Å². The lowest BCUT2D eigenvalue weighted by Crippen LogP contribution is -2.08. The zero-order valence-corrected chi connectivity index (χ0v) is 11.7. The molecule has 19 heavy (non-hydrogen) atoms. The lowest BCUT2D eigenvalue weighted by Gasteiger charge is -2.13. The molecule has 0 fully saturated rings. The van der Waals surface area contributed by atoms with E-state index in [2.05, 4.69) is 4.98 Å². The van der Waals surface area contributed by atoms with Crippen LogP contribution in [0.5, 0.6) is 5.75 Å². The Morgan fingerprint density at radius 3 is 2.47 bits per heavy atom. The molecule has 98 valence electrons. The molecule has 0 spiro atoms. The summed E-state index contributed by atoms with van der Waals surface area (Å²) in [5.74, 6) is 0.596. The molecule has 1 aromatic heterocycles. The molecule has 2 rings (SSSR count). The fourth-order valence-corrected chi connectivity index (χ4v) is 2.10. The molecule has 0 radical (unpaired) electrons. The number of carbonyl (C=O) groups excluding carboxylic acids is 1. The Kier molecular flexibility index (Phi) is 3.65. The summed E-state index contributed by atoms with van der Waals surface area (Å²) in [5.41, 5.74) is 4.03. The van der Waals surface area contributed by atoms with Crippen LogP contribution >= 0.6 is 0 Å². The number of ketones is 1. The summed E-state index contributed by atoms with van der Waals surface area (Å²) in [6.07, 6.45) is 1.68. The Hall–Kier alpha value is -2.16. The van der Waals surface area contributed by atoms with Gasteiger partial charge in [0.15, 0.2) is 5.78 Å². The van der Waals surface area contributed by atoms with Crippen LogP contribution in [0, 0.1) is 20.8 Å². The first kappa shape index (κ1) is 13.3. The first-order valence-corrected chi connectivity index (χ1v) is 6.16. The Labute approximate surface area is 113 Å². The van der Waals surface area contributed by atoms with Crippen LogP contribution in [-0.4, -0.2) is 17.9 Å². The number of ether oxygens (including phenoxy) is 1. The maximum Gasteiger partial charge on any atom is 0.198 e. The van der Waals surface area contributed by atoms with Gasteiger partial charge in [0.2, 0.25) is 0 Å². The number of aryl methyl sites for hydroxylation is 2. The predicted molar refractivity (Wildman–Crippen MR) is 74.9 cm³/mol. The molecule has 0 unspecified atom stereocenters. The van der Waals surface area contributed by atoms with Crippen molar-refractivity contribution in [2.45, 2.75) is 20.8 Å². The molecule has 1 heterocycles. The van der Waals surface area contributed by atoms with Crippen LogP contribution in [0.15, 0.2) is 30.5 Å². The summed E-state index contributed by atoms with van der Waals surface area (Å²) in [6.45, 7) is 5.79. The third-order valence-electron chi connectivity index (χ3n) is 3.38. The van der Waals surface area contributed by atoms with Crippen molar-refractivity contribution in [3.63, 3.8) is 0 Å². The second-order valence-electron chi connectivity index (χ2n) is 4.55. The standard InChI is InChI=1S/C16H17NO2/c1-10-7-8-14(16(19-4)11(10)2)15(18)13-6-5-9-17-12(13)3/h5-9H,1-4H3. The van der Waals surface area contributed by atoms with E-state index in [4.69, 9.17) is 4.74 Å². The highest BCUT2D eigenvalue weighted by Gasteiger charge is 2.18. The summed E-state index contributed by atoms with van der Waals surface area (Å²) < 4.78 is 5.40. The van der Waals surface area contributed by atoms with E-state index < -0.39 is 0 Å². The number of aromatic nitrogens is 1. The van der Waals surface area contributed by atoms with Gasteiger partial charge >= 0.3 is 0 Å². The monoisotopic (exact) mass is 255 g/mol. The first-order chi connectivity index (χ1) is 9.06. The van der Waals surface area contributed by atoms with Gasteiger partial charge in [-0.05, 0) is 50.1 Å². The largest absolute Gasteiger partial charge is 0.496 e. The lowest BCUT2D eigenvalue weighted by atomic mass is 9.97. The van der Waals surface area contributed by atoms with Crippen molar-refractivity contribution in [3.8, 4) is 5.75 Å². The molecule has 0 aliphatic heterocycles. The third-order valence-corrected chi connectivity index (χ3v) is 3.38. The molecule has 0 saturated carbocycles. The van der Waals surface area contributed by atoms with E-state index in [1.54, 1.807) is 25.4 Å². The molecule has 3 heteroatoms. The molecular weight excluding hydrogens is 238 g/mol. The van der Waals surface area contributed by atoms with Gasteiger partial charge in [-0.25, -0.2) is 0 Å². The second-order valence-corrected chi connectivity index (χ2v) is 4.55. The quantitative estimate of drug-likeness (QED) is 0.790. The fraction of sp³-hybridized carbons (Fsp3) is 0.250. The summed E-state index contributed by atoms with van der Waals surface area (Å²) in [7, 11) is 1.59. The average molecular weight is 255 g/mol. The topological polar surface area (TPSA) is 39.2 Å². The van der Waals surface area contributed by atoms with Crippen LogP contribution < -0.4 is 4.74 Å². The molecule has 0 aliphatic rings. The summed E-state index contributed by atoms with van der Waals surface area (Å²) in [6, 6.07) is 7.32. The molecule has 0 saturated heterocycles. The maximum absolute atomic E-state index is 12.6. The number of hydrogen-bond donors (Lipinski definition) is 0. The van der Waals surface area contributed by atoms with Gasteiger partial charge in [0, 0.05) is 17.5 Å². The van der Waals surface area contributed by atoms with Crippen LogP contribution in [0.4, 0.5) is 0 Å². The molecular formula is C16H17NO2. The van der Waals surface area contributed by atoms with Crippen molar-refractivity contribution in [1.29, 1.82) is 0 Å². The molecule has 3 nitrogen and oxygen atoms in total. The Morgan fingerprint density at radius 1 is 1.11 bits per heavy atom. The molecule has 0 bridgehead atoms. The van der Waals surface area contributed by atoms with E-state index in [0.717, 1.165) is 16.8 Å². The molecule has 1 aromatic carbocycles. The van der Waals surface area contributed by atoms with E-state index in [9.17, 15) is 4.79 Å². The Morgan fingerprint density at radius 2 is 1.84 bits per heavy atom. The van der Waals surface area contributed by atoms with Crippen molar-refractivity contribution >= 4 is 5.78 Å². The first-order valence-electron chi connectivity index (χ1n) is 6.16. The highest BCUT2D eigenvalue weighted by Crippen LogP contribution is 2.28. The van der Waals surface area contributed by atoms with Crippen LogP contribution in [0.25, 0.3) is 0 Å². The Bertz CT molecular complexity index is 633. The van der Waals surface area contributed by atoms with Gasteiger partial charge in [-0.15, -0.1) is 0 Å². The van der Waals surface area contributed by atoms with E-state index in [0.29, 0.717) is 16.9 Å². The van der Waals surface area contributed by atoms with E-state index in [-0.39, 0.29) is 5.78 Å². The SMILES string of the molecule is COc1c(C(=O)c2cccnc2C)ccc(C)c1C. The molecule has 0 atom stereocenters. The van der Waals surface area contributed by atoms with E-state index in [1.807, 2.05) is 32.9 Å². The van der Waals surface area contributed by atoms with Gasteiger partial charge in [0.1, 0.15) is 5.75 Å². The number of nitrogens with zero attached hydrogens (tertiary/aromatic N) is 1. The van der Waals surface area contributed by atoms with Crippen molar-refractivity contribution in [2.24, 2.45) is 0 Å². The van der Waals surface area contributed by atoms with Crippen molar-refractivity contribution in [2.75, 3.05) is 7.11 Å². The summed E-state index contributed by atoms with van der Waals surface area (Å²) in [5, 5.41) is 0. The van der Waals surface area contributed by atoms with Crippen LogP contribution in [0.2, 0.25) is 0 Å². The normalized spacial score (nSPS) is 10.3. The van der Waals surface area contributed by atoms with Gasteiger partial charge < -0.3 is 4.74 Å². The molecule has 0 N–H and O–H groups in total. The van der Waals surface area contributed by atoms with Gasteiger partial charge in [0.05, 0.1) is 12.7 Å². The fourth-order valence-electron chi connectivity index (χ4n) is 2.10. The number of hydrogen-bond acceptors (Lipinski definition) is 3. The molecule has 2 aromatic rings. The number of rotatable bonds is 3. The third kappa shape index (κ3) is 2.36. The highest BCUT2D eigenvalue weighted by molar-refractivity contribution is 6.11. The van der Waals surface area contributed by atoms with Gasteiger partial charge in [-0.3, -0.25) is 9.78 Å². The minimum absolute atomic E-state index is 0.0504. The molecule has 0 amide bonds. The predicted octanol–water partition coefficient (Wildman–Crippen LogP) is 3.25.